The predicted molar refractivity (Wildman–Crippen MR) is 65.7 cm³/mol. The summed E-state index contributed by atoms with van der Waals surface area (Å²) in [6, 6.07) is 4.90. The smallest absolute Gasteiger partial charge is 0.273 e. The monoisotopic (exact) mass is 299 g/mol. The molecule has 0 spiro atoms. The number of halogens is 2. The molecule has 1 amide bonds. The Hall–Kier alpha value is -1.33. The first-order chi connectivity index (χ1) is 7.65. The van der Waals surface area contributed by atoms with Gasteiger partial charge in [-0.05, 0) is 34.1 Å². The maximum Gasteiger partial charge on any atom is 0.273 e. The minimum Gasteiger partial charge on any atom is -0.356 e. The summed E-state index contributed by atoms with van der Waals surface area (Å²) in [4.78, 5) is 18.5. The number of carbonyl (C=O) groups excluding carboxylic acids is 1. The standard InChI is InChI=1S/C10H7BrClN3O/c11-6-3-8(14-5-6)10(16)15-9-4-7(12)1-2-13-9/h1-5,14H,(H,13,15,16). The van der Waals surface area contributed by atoms with Gasteiger partial charge in [0.05, 0.1) is 0 Å². The number of anilines is 1. The molecule has 0 unspecified atom stereocenters. The minimum absolute atomic E-state index is 0.263. The summed E-state index contributed by atoms with van der Waals surface area (Å²) in [5, 5.41) is 3.15. The van der Waals surface area contributed by atoms with Gasteiger partial charge >= 0.3 is 0 Å². The molecule has 0 aliphatic heterocycles. The fraction of sp³-hybridized carbons (Fsp3) is 0. The van der Waals surface area contributed by atoms with Gasteiger partial charge in [0.2, 0.25) is 0 Å². The third kappa shape index (κ3) is 2.62. The second-order valence-corrected chi connectivity index (χ2v) is 4.40. The molecular formula is C10H7BrClN3O. The van der Waals surface area contributed by atoms with E-state index in [1.165, 1.54) is 6.20 Å². The Bertz CT molecular complexity index is 526. The summed E-state index contributed by atoms with van der Waals surface area (Å²) >= 11 is 9.02. The Kier molecular flexibility index (Phi) is 3.26. The summed E-state index contributed by atoms with van der Waals surface area (Å²) in [5.41, 5.74) is 0.452. The Labute approximate surface area is 105 Å². The van der Waals surface area contributed by atoms with Gasteiger partial charge in [0.1, 0.15) is 11.5 Å². The molecule has 0 saturated carbocycles. The van der Waals surface area contributed by atoms with Crippen LogP contribution in [0.4, 0.5) is 5.82 Å². The zero-order chi connectivity index (χ0) is 11.5. The molecule has 2 N–H and O–H groups in total. The third-order valence-electron chi connectivity index (χ3n) is 1.86. The Morgan fingerprint density at radius 1 is 1.50 bits per heavy atom. The van der Waals surface area contributed by atoms with E-state index in [-0.39, 0.29) is 5.91 Å². The molecule has 6 heteroatoms. The number of nitrogens with one attached hydrogen (secondary N) is 2. The van der Waals surface area contributed by atoms with Crippen molar-refractivity contribution < 1.29 is 4.79 Å². The van der Waals surface area contributed by atoms with Gasteiger partial charge in [-0.3, -0.25) is 4.79 Å². The highest BCUT2D eigenvalue weighted by atomic mass is 79.9. The van der Waals surface area contributed by atoms with E-state index >= 15 is 0 Å². The maximum atomic E-state index is 11.7. The molecule has 0 atom stereocenters. The highest BCUT2D eigenvalue weighted by Crippen LogP contribution is 2.14. The summed E-state index contributed by atoms with van der Waals surface area (Å²) < 4.78 is 0.816. The quantitative estimate of drug-likeness (QED) is 0.895. The topological polar surface area (TPSA) is 57.8 Å². The van der Waals surface area contributed by atoms with Crippen LogP contribution in [0.2, 0.25) is 5.02 Å². The van der Waals surface area contributed by atoms with Gasteiger partial charge < -0.3 is 10.3 Å². The van der Waals surface area contributed by atoms with Crippen molar-refractivity contribution in [2.45, 2.75) is 0 Å². The van der Waals surface area contributed by atoms with Gasteiger partial charge in [-0.15, -0.1) is 0 Å². The number of aromatic nitrogens is 2. The second-order valence-electron chi connectivity index (χ2n) is 3.04. The largest absolute Gasteiger partial charge is 0.356 e. The van der Waals surface area contributed by atoms with Crippen molar-refractivity contribution in [1.29, 1.82) is 0 Å². The molecule has 0 fully saturated rings. The van der Waals surface area contributed by atoms with Gasteiger partial charge in [0.25, 0.3) is 5.91 Å². The molecular weight excluding hydrogens is 293 g/mol. The van der Waals surface area contributed by atoms with E-state index in [4.69, 9.17) is 11.6 Å². The normalized spacial score (nSPS) is 10.1. The first-order valence-electron chi connectivity index (χ1n) is 4.42. The Balaban J connectivity index is 2.13. The van der Waals surface area contributed by atoms with Crippen molar-refractivity contribution in [3.05, 3.63) is 45.8 Å². The van der Waals surface area contributed by atoms with Crippen molar-refractivity contribution in [2.24, 2.45) is 0 Å². The van der Waals surface area contributed by atoms with E-state index < -0.39 is 0 Å². The Morgan fingerprint density at radius 2 is 2.31 bits per heavy atom. The fourth-order valence-corrected chi connectivity index (χ4v) is 1.66. The molecule has 0 aromatic carbocycles. The highest BCUT2D eigenvalue weighted by Gasteiger charge is 2.08. The minimum atomic E-state index is -0.263. The summed E-state index contributed by atoms with van der Waals surface area (Å²) in [5.74, 6) is 0.156. The van der Waals surface area contributed by atoms with Crippen LogP contribution in [0.1, 0.15) is 10.5 Å². The summed E-state index contributed by atoms with van der Waals surface area (Å²) in [6.07, 6.45) is 3.21. The number of carbonyl (C=O) groups is 1. The lowest BCUT2D eigenvalue weighted by Gasteiger charge is -2.02. The molecule has 0 bridgehead atoms. The van der Waals surface area contributed by atoms with Crippen LogP contribution in [0, 0.1) is 0 Å². The lowest BCUT2D eigenvalue weighted by Crippen LogP contribution is -2.13. The first-order valence-corrected chi connectivity index (χ1v) is 5.59. The predicted octanol–water partition coefficient (Wildman–Crippen LogP) is 3.08. The van der Waals surface area contributed by atoms with Crippen LogP contribution >= 0.6 is 27.5 Å². The molecule has 2 rings (SSSR count). The van der Waals surface area contributed by atoms with Gasteiger partial charge in [-0.1, -0.05) is 11.6 Å². The van der Waals surface area contributed by atoms with E-state index in [0.29, 0.717) is 16.5 Å². The average molecular weight is 301 g/mol. The van der Waals surface area contributed by atoms with E-state index in [9.17, 15) is 4.79 Å². The van der Waals surface area contributed by atoms with E-state index in [2.05, 4.69) is 31.2 Å². The molecule has 2 heterocycles. The zero-order valence-corrected chi connectivity index (χ0v) is 10.3. The van der Waals surface area contributed by atoms with Crippen LogP contribution < -0.4 is 5.32 Å². The van der Waals surface area contributed by atoms with Crippen LogP contribution in [0.15, 0.2) is 35.1 Å². The molecule has 16 heavy (non-hydrogen) atoms. The molecule has 0 aliphatic rings. The first kappa shape index (κ1) is 11.2. The molecule has 2 aromatic heterocycles. The molecule has 0 radical (unpaired) electrons. The number of rotatable bonds is 2. The van der Waals surface area contributed by atoms with Crippen molar-refractivity contribution >= 4 is 39.3 Å². The zero-order valence-electron chi connectivity index (χ0n) is 8.00. The van der Waals surface area contributed by atoms with Crippen LogP contribution in [0.25, 0.3) is 0 Å². The lowest BCUT2D eigenvalue weighted by molar-refractivity contribution is 0.102. The van der Waals surface area contributed by atoms with Crippen LogP contribution in [0.3, 0.4) is 0 Å². The van der Waals surface area contributed by atoms with Crippen molar-refractivity contribution in [1.82, 2.24) is 9.97 Å². The number of amides is 1. The van der Waals surface area contributed by atoms with Gasteiger partial charge in [-0.25, -0.2) is 4.98 Å². The molecule has 82 valence electrons. The van der Waals surface area contributed by atoms with Crippen LogP contribution in [0.5, 0.6) is 0 Å². The average Bonchev–Trinajstić information content (AvgIpc) is 2.65. The van der Waals surface area contributed by atoms with Gasteiger partial charge in [-0.2, -0.15) is 0 Å². The molecule has 0 saturated heterocycles. The number of H-pyrrole nitrogens is 1. The molecule has 0 aliphatic carbocycles. The number of aromatic amines is 1. The van der Waals surface area contributed by atoms with E-state index in [1.807, 2.05) is 0 Å². The van der Waals surface area contributed by atoms with Gasteiger partial charge in [0.15, 0.2) is 0 Å². The van der Waals surface area contributed by atoms with Crippen molar-refractivity contribution in [2.75, 3.05) is 5.32 Å². The lowest BCUT2D eigenvalue weighted by atomic mass is 10.4. The second kappa shape index (κ2) is 4.67. The highest BCUT2D eigenvalue weighted by molar-refractivity contribution is 9.10. The number of hydrogen-bond acceptors (Lipinski definition) is 2. The molecule has 2 aromatic rings. The van der Waals surface area contributed by atoms with E-state index in [0.717, 1.165) is 4.47 Å². The van der Waals surface area contributed by atoms with E-state index in [1.54, 1.807) is 24.4 Å². The van der Waals surface area contributed by atoms with Crippen LogP contribution in [-0.2, 0) is 0 Å². The summed E-state index contributed by atoms with van der Waals surface area (Å²) in [6.45, 7) is 0. The molecule has 4 nitrogen and oxygen atoms in total. The number of pyridine rings is 1. The SMILES string of the molecule is O=C(Nc1cc(Cl)ccn1)c1cc(Br)c[nH]1. The number of hydrogen-bond donors (Lipinski definition) is 2. The third-order valence-corrected chi connectivity index (χ3v) is 2.55. The van der Waals surface area contributed by atoms with Crippen LogP contribution in [-0.4, -0.2) is 15.9 Å². The Morgan fingerprint density at radius 3 is 2.94 bits per heavy atom. The van der Waals surface area contributed by atoms with Gasteiger partial charge in [0, 0.05) is 21.9 Å². The maximum absolute atomic E-state index is 11.7. The number of nitrogens with zero attached hydrogens (tertiary/aromatic N) is 1. The summed E-state index contributed by atoms with van der Waals surface area (Å²) in [7, 11) is 0. The fourth-order valence-electron chi connectivity index (χ4n) is 1.16. The van der Waals surface area contributed by atoms with Crippen molar-refractivity contribution in [3.8, 4) is 0 Å². The van der Waals surface area contributed by atoms with Crippen molar-refractivity contribution in [3.63, 3.8) is 0 Å².